The maximum absolute atomic E-state index is 5.49. The van der Waals surface area contributed by atoms with Crippen LogP contribution in [0, 0.1) is 0 Å². The van der Waals surface area contributed by atoms with Crippen LogP contribution in [0.2, 0.25) is 0 Å². The molecule has 3 heterocycles. The van der Waals surface area contributed by atoms with E-state index < -0.39 is 0 Å². The maximum atomic E-state index is 5.49. The molecular formula is C17H24N2OS. The van der Waals surface area contributed by atoms with Crippen LogP contribution in [-0.2, 0) is 11.2 Å². The number of pyridine rings is 1. The first-order valence-electron chi connectivity index (χ1n) is 8.30. The fourth-order valence-electron chi connectivity index (χ4n) is 4.02. The first-order valence-corrected chi connectivity index (χ1v) is 9.24. The van der Waals surface area contributed by atoms with Crippen LogP contribution in [0.1, 0.15) is 42.1 Å². The lowest BCUT2D eigenvalue weighted by Gasteiger charge is -2.31. The number of thioether (sulfide) groups is 1. The molecule has 2 aliphatic heterocycles. The van der Waals surface area contributed by atoms with Crippen LogP contribution in [0.4, 0.5) is 0 Å². The lowest BCUT2D eigenvalue weighted by Crippen LogP contribution is -2.38. The Balaban J connectivity index is 1.35. The highest BCUT2D eigenvalue weighted by atomic mass is 32.2. The zero-order valence-corrected chi connectivity index (χ0v) is 13.4. The van der Waals surface area contributed by atoms with E-state index in [1.54, 1.807) is 5.56 Å². The Morgan fingerprint density at radius 1 is 1.19 bits per heavy atom. The summed E-state index contributed by atoms with van der Waals surface area (Å²) in [4.78, 5) is 6.99. The lowest BCUT2D eigenvalue weighted by molar-refractivity contribution is 0.0425. The van der Waals surface area contributed by atoms with E-state index in [1.807, 2.05) is 6.20 Å². The first kappa shape index (κ1) is 14.0. The Bertz CT molecular complexity index is 489. The van der Waals surface area contributed by atoms with Crippen LogP contribution in [0.5, 0.6) is 0 Å². The number of aryl methyl sites for hydroxylation is 1. The molecule has 0 spiro atoms. The zero-order valence-electron chi connectivity index (χ0n) is 12.5. The van der Waals surface area contributed by atoms with Gasteiger partial charge < -0.3 is 4.74 Å². The number of nitrogens with zero attached hydrogens (tertiary/aromatic N) is 2. The van der Waals surface area contributed by atoms with E-state index in [1.165, 1.54) is 50.8 Å². The molecule has 0 saturated carbocycles. The molecule has 1 aromatic rings. The van der Waals surface area contributed by atoms with Gasteiger partial charge in [0.05, 0.1) is 0 Å². The van der Waals surface area contributed by atoms with Gasteiger partial charge in [-0.3, -0.25) is 9.88 Å². The zero-order chi connectivity index (χ0) is 14.1. The molecule has 3 nitrogen and oxygen atoms in total. The summed E-state index contributed by atoms with van der Waals surface area (Å²) in [5.74, 6) is 0. The van der Waals surface area contributed by atoms with E-state index in [4.69, 9.17) is 4.74 Å². The third-order valence-corrected chi connectivity index (χ3v) is 6.79. The van der Waals surface area contributed by atoms with E-state index in [-0.39, 0.29) is 0 Å². The molecule has 0 N–H and O–H groups in total. The summed E-state index contributed by atoms with van der Waals surface area (Å²) in [5.41, 5.74) is 3.04. The largest absolute Gasteiger partial charge is 0.381 e. The summed E-state index contributed by atoms with van der Waals surface area (Å²) >= 11 is 2.22. The molecule has 2 saturated heterocycles. The van der Waals surface area contributed by atoms with Crippen molar-refractivity contribution in [1.82, 2.24) is 9.88 Å². The van der Waals surface area contributed by atoms with Gasteiger partial charge >= 0.3 is 0 Å². The summed E-state index contributed by atoms with van der Waals surface area (Å²) in [6, 6.07) is 3.02. The molecule has 0 radical (unpaired) electrons. The van der Waals surface area contributed by atoms with Gasteiger partial charge in [0.1, 0.15) is 0 Å². The standard InChI is InChI=1S/C17H24N2OS/c1-2-17(16-3-7-18-11-13(1)16)21-15-4-8-19(12-15)14-5-9-20-10-6-14/h3,7,11,14-15,17H,1-2,4-6,8-10,12H2/t15-,17?/m1/s1. The normalized spacial score (nSPS) is 30.7. The van der Waals surface area contributed by atoms with E-state index in [0.717, 1.165) is 24.5 Å². The number of hydrogen-bond acceptors (Lipinski definition) is 4. The average Bonchev–Trinajstić information content (AvgIpc) is 3.17. The van der Waals surface area contributed by atoms with E-state index in [9.17, 15) is 0 Å². The minimum Gasteiger partial charge on any atom is -0.381 e. The Kier molecular flexibility index (Phi) is 4.19. The van der Waals surface area contributed by atoms with E-state index in [2.05, 4.69) is 33.9 Å². The van der Waals surface area contributed by atoms with Crippen molar-refractivity contribution in [2.24, 2.45) is 0 Å². The second-order valence-corrected chi connectivity index (χ2v) is 7.99. The summed E-state index contributed by atoms with van der Waals surface area (Å²) in [5, 5.41) is 1.53. The third kappa shape index (κ3) is 2.99. The van der Waals surface area contributed by atoms with Crippen molar-refractivity contribution in [1.29, 1.82) is 0 Å². The van der Waals surface area contributed by atoms with Crippen molar-refractivity contribution in [3.8, 4) is 0 Å². The monoisotopic (exact) mass is 304 g/mol. The van der Waals surface area contributed by atoms with Gasteiger partial charge in [-0.15, -0.1) is 11.8 Å². The molecule has 0 aromatic carbocycles. The van der Waals surface area contributed by atoms with Crippen LogP contribution >= 0.6 is 11.8 Å². The second kappa shape index (κ2) is 6.27. The SMILES string of the molecule is c1cc2c(cn1)CCC2S[C@@H]1CCN(C2CCOCC2)C1. The summed E-state index contributed by atoms with van der Waals surface area (Å²) in [7, 11) is 0. The Morgan fingerprint density at radius 2 is 2.10 bits per heavy atom. The molecule has 4 rings (SSSR count). The molecule has 1 aromatic heterocycles. The summed E-state index contributed by atoms with van der Waals surface area (Å²) in [6.45, 7) is 4.49. The van der Waals surface area contributed by atoms with Crippen molar-refractivity contribution in [2.45, 2.75) is 48.6 Å². The predicted molar refractivity (Wildman–Crippen MR) is 86.7 cm³/mol. The summed E-state index contributed by atoms with van der Waals surface area (Å²) < 4.78 is 5.49. The highest BCUT2D eigenvalue weighted by Crippen LogP contribution is 2.44. The van der Waals surface area contributed by atoms with E-state index >= 15 is 0 Å². The maximum Gasteiger partial charge on any atom is 0.0480 e. The predicted octanol–water partition coefficient (Wildman–Crippen LogP) is 3.06. The molecule has 1 unspecified atom stereocenters. The Morgan fingerprint density at radius 3 is 3.00 bits per heavy atom. The first-order chi connectivity index (χ1) is 10.4. The summed E-state index contributed by atoms with van der Waals surface area (Å²) in [6.07, 6.45) is 10.4. The average molecular weight is 304 g/mol. The Hall–Kier alpha value is -0.580. The van der Waals surface area contributed by atoms with Gasteiger partial charge in [-0.1, -0.05) is 0 Å². The fourth-order valence-corrected chi connectivity index (χ4v) is 5.64. The van der Waals surface area contributed by atoms with Crippen LogP contribution in [-0.4, -0.2) is 47.5 Å². The van der Waals surface area contributed by atoms with Gasteiger partial charge in [0.2, 0.25) is 0 Å². The molecule has 3 aliphatic rings. The van der Waals surface area contributed by atoms with E-state index in [0.29, 0.717) is 5.25 Å². The molecular weight excluding hydrogens is 280 g/mol. The highest BCUT2D eigenvalue weighted by molar-refractivity contribution is 8.00. The highest BCUT2D eigenvalue weighted by Gasteiger charge is 2.33. The second-order valence-electron chi connectivity index (χ2n) is 6.49. The van der Waals surface area contributed by atoms with Crippen LogP contribution < -0.4 is 0 Å². The molecule has 1 aliphatic carbocycles. The molecule has 0 bridgehead atoms. The number of aromatic nitrogens is 1. The van der Waals surface area contributed by atoms with Crippen molar-refractivity contribution in [3.63, 3.8) is 0 Å². The van der Waals surface area contributed by atoms with Gasteiger partial charge in [0, 0.05) is 48.7 Å². The van der Waals surface area contributed by atoms with Crippen LogP contribution in [0.3, 0.4) is 0 Å². The molecule has 2 atom stereocenters. The van der Waals surface area contributed by atoms with Gasteiger partial charge in [0.25, 0.3) is 0 Å². The number of rotatable bonds is 3. The lowest BCUT2D eigenvalue weighted by atomic mass is 10.1. The molecule has 0 amide bonds. The molecule has 21 heavy (non-hydrogen) atoms. The quantitative estimate of drug-likeness (QED) is 0.857. The number of likely N-dealkylation sites (tertiary alicyclic amines) is 1. The van der Waals surface area contributed by atoms with Crippen molar-refractivity contribution in [2.75, 3.05) is 26.3 Å². The van der Waals surface area contributed by atoms with Crippen molar-refractivity contribution >= 4 is 11.8 Å². The molecule has 114 valence electrons. The minimum atomic E-state index is 0.711. The fraction of sp³-hybridized carbons (Fsp3) is 0.706. The smallest absolute Gasteiger partial charge is 0.0480 e. The van der Waals surface area contributed by atoms with Crippen molar-refractivity contribution in [3.05, 3.63) is 29.6 Å². The van der Waals surface area contributed by atoms with Crippen LogP contribution in [0.15, 0.2) is 18.5 Å². The minimum absolute atomic E-state index is 0.711. The number of fused-ring (bicyclic) bond motifs is 1. The molecule has 4 heteroatoms. The number of hydrogen-bond donors (Lipinski definition) is 0. The topological polar surface area (TPSA) is 25.4 Å². The van der Waals surface area contributed by atoms with Gasteiger partial charge in [-0.2, -0.15) is 0 Å². The Labute approximate surface area is 131 Å². The van der Waals surface area contributed by atoms with Gasteiger partial charge in [-0.05, 0) is 55.8 Å². The van der Waals surface area contributed by atoms with Crippen LogP contribution in [0.25, 0.3) is 0 Å². The van der Waals surface area contributed by atoms with Gasteiger partial charge in [0.15, 0.2) is 0 Å². The van der Waals surface area contributed by atoms with Gasteiger partial charge in [-0.25, -0.2) is 0 Å². The molecule has 2 fully saturated rings. The van der Waals surface area contributed by atoms with Crippen molar-refractivity contribution < 1.29 is 4.74 Å². The number of ether oxygens (including phenoxy) is 1. The third-order valence-electron chi connectivity index (χ3n) is 5.20.